The third kappa shape index (κ3) is 4.62. The van der Waals surface area contributed by atoms with E-state index in [-0.39, 0.29) is 32.6 Å². The highest BCUT2D eigenvalue weighted by atomic mass is 32.3. The van der Waals surface area contributed by atoms with E-state index in [1.807, 2.05) is 18.2 Å². The Morgan fingerprint density at radius 1 is 0.857 bits per heavy atom. The molecule has 9 heteroatoms. The molecule has 184 valence electrons. The number of carbonyl (C=O) groups excluding carboxylic acids is 1. The van der Waals surface area contributed by atoms with Gasteiger partial charge in [0.25, 0.3) is 5.91 Å². The lowest BCUT2D eigenvalue weighted by atomic mass is 10.0. The molecule has 3 aromatic carbocycles. The first kappa shape index (κ1) is 24.0. The van der Waals surface area contributed by atoms with Crippen LogP contribution in [0.5, 0.6) is 0 Å². The van der Waals surface area contributed by atoms with Gasteiger partial charge in [-0.3, -0.25) is 18.8 Å². The smallest absolute Gasteiger partial charge is 0.254 e. The van der Waals surface area contributed by atoms with Gasteiger partial charge < -0.3 is 4.90 Å². The van der Waals surface area contributed by atoms with Gasteiger partial charge in [-0.2, -0.15) is 10.6 Å². The first-order valence-corrected chi connectivity index (χ1v) is 14.8. The van der Waals surface area contributed by atoms with E-state index in [1.165, 1.54) is 23.8 Å². The van der Waals surface area contributed by atoms with Crippen molar-refractivity contribution in [2.24, 2.45) is 0 Å². The van der Waals surface area contributed by atoms with E-state index in [0.717, 1.165) is 6.54 Å². The summed E-state index contributed by atoms with van der Waals surface area (Å²) >= 11 is 0. The van der Waals surface area contributed by atoms with Crippen LogP contribution in [0.3, 0.4) is 0 Å². The summed E-state index contributed by atoms with van der Waals surface area (Å²) in [5, 5.41) is -1.19. The summed E-state index contributed by atoms with van der Waals surface area (Å²) in [6, 6.07) is 22.9. The minimum atomic E-state index is -3.93. The molecule has 5 rings (SSSR count). The van der Waals surface area contributed by atoms with Crippen LogP contribution in [0.1, 0.15) is 26.7 Å². The molecule has 2 N–H and O–H groups in total. The Morgan fingerprint density at radius 3 is 2.14 bits per heavy atom. The minimum absolute atomic E-state index is 0.102. The van der Waals surface area contributed by atoms with Crippen molar-refractivity contribution in [3.8, 4) is 0 Å². The second kappa shape index (κ2) is 9.40. The van der Waals surface area contributed by atoms with Crippen molar-refractivity contribution >= 4 is 26.3 Å². The first-order chi connectivity index (χ1) is 16.8. The predicted molar refractivity (Wildman–Crippen MR) is 136 cm³/mol. The van der Waals surface area contributed by atoms with E-state index in [4.69, 9.17) is 0 Å². The summed E-state index contributed by atoms with van der Waals surface area (Å²) in [5.41, 5.74) is 1.68. The van der Waals surface area contributed by atoms with Crippen LogP contribution in [0.25, 0.3) is 0 Å². The molecule has 0 aromatic heterocycles. The first-order valence-electron chi connectivity index (χ1n) is 11.5. The summed E-state index contributed by atoms with van der Waals surface area (Å²) in [6.07, 6.45) is 0. The summed E-state index contributed by atoms with van der Waals surface area (Å²) in [5.74, 6) is -0.610. The third-order valence-electron chi connectivity index (χ3n) is 6.71. The monoisotopic (exact) mass is 512 g/mol. The highest BCUT2D eigenvalue weighted by Gasteiger charge is 2.45. The number of benzene rings is 3. The molecular weight excluding hydrogens is 484 g/mol. The Labute approximate surface area is 207 Å². The van der Waals surface area contributed by atoms with Crippen molar-refractivity contribution < 1.29 is 22.3 Å². The number of fused-ring (bicyclic) bond motifs is 1. The van der Waals surface area contributed by atoms with Crippen LogP contribution < -0.4 is 0 Å². The Kier molecular flexibility index (Phi) is 6.45. The molecule has 2 heterocycles. The Bertz CT molecular complexity index is 1320. The van der Waals surface area contributed by atoms with Gasteiger partial charge in [-0.05, 0) is 29.8 Å². The van der Waals surface area contributed by atoms with Crippen molar-refractivity contribution in [1.82, 2.24) is 9.80 Å². The molecule has 0 radical (unpaired) electrons. The quantitative estimate of drug-likeness (QED) is 0.530. The number of sulfone groups is 1. The van der Waals surface area contributed by atoms with Gasteiger partial charge in [0.1, 0.15) is 5.25 Å². The van der Waals surface area contributed by atoms with Gasteiger partial charge in [-0.1, -0.05) is 54.6 Å². The van der Waals surface area contributed by atoms with E-state index >= 15 is 0 Å². The van der Waals surface area contributed by atoms with Crippen LogP contribution in [0.4, 0.5) is 0 Å². The molecule has 1 amide bonds. The fraction of sp³-hybridized carbons (Fsp3) is 0.269. The SMILES string of the molecule is O=C(c1cccc2c1C(S(=O)(=O)c1ccccc1)CS2(O)O)N1CCN(Cc2ccccc2)CC1. The van der Waals surface area contributed by atoms with Crippen LogP contribution >= 0.6 is 10.6 Å². The van der Waals surface area contributed by atoms with E-state index in [0.29, 0.717) is 26.2 Å². The molecule has 35 heavy (non-hydrogen) atoms. The zero-order valence-electron chi connectivity index (χ0n) is 19.2. The molecule has 1 atom stereocenters. The second-order valence-electron chi connectivity index (χ2n) is 8.95. The van der Waals surface area contributed by atoms with Crippen LogP contribution in [0.15, 0.2) is 88.7 Å². The number of hydrogen-bond acceptors (Lipinski definition) is 6. The molecule has 1 fully saturated rings. The van der Waals surface area contributed by atoms with Crippen molar-refractivity contribution in [1.29, 1.82) is 0 Å². The van der Waals surface area contributed by atoms with Gasteiger partial charge in [-0.15, -0.1) is 0 Å². The molecule has 2 aliphatic heterocycles. The zero-order valence-corrected chi connectivity index (χ0v) is 20.8. The molecule has 1 unspecified atom stereocenters. The Balaban J connectivity index is 1.41. The summed E-state index contributed by atoms with van der Waals surface area (Å²) in [6.45, 7) is 3.25. The van der Waals surface area contributed by atoms with Gasteiger partial charge in [0.2, 0.25) is 0 Å². The lowest BCUT2D eigenvalue weighted by Gasteiger charge is -2.35. The molecular formula is C26H28N2O5S2. The number of carbonyl (C=O) groups is 1. The van der Waals surface area contributed by atoms with Gasteiger partial charge in [0, 0.05) is 43.9 Å². The minimum Gasteiger partial charge on any atom is -0.336 e. The van der Waals surface area contributed by atoms with Crippen molar-refractivity contribution in [3.05, 3.63) is 95.6 Å². The molecule has 7 nitrogen and oxygen atoms in total. The number of rotatable bonds is 5. The average molecular weight is 513 g/mol. The summed E-state index contributed by atoms with van der Waals surface area (Å²) < 4.78 is 48.5. The largest absolute Gasteiger partial charge is 0.336 e. The predicted octanol–water partition coefficient (Wildman–Crippen LogP) is 4.28. The van der Waals surface area contributed by atoms with Gasteiger partial charge in [0.15, 0.2) is 9.84 Å². The fourth-order valence-electron chi connectivity index (χ4n) is 4.87. The van der Waals surface area contributed by atoms with Gasteiger partial charge in [-0.25, -0.2) is 8.42 Å². The van der Waals surface area contributed by atoms with Crippen LogP contribution in [0.2, 0.25) is 0 Å². The normalized spacial score (nSPS) is 20.9. The second-order valence-corrected chi connectivity index (χ2v) is 13.2. The summed E-state index contributed by atoms with van der Waals surface area (Å²) in [7, 11) is -7.27. The Hall–Kier alpha value is -2.69. The zero-order chi connectivity index (χ0) is 24.6. The number of hydrogen-bond donors (Lipinski definition) is 2. The summed E-state index contributed by atoms with van der Waals surface area (Å²) in [4.78, 5) is 17.9. The standard InChI is InChI=1S/C26H28N2O5S2/c29-26(28-16-14-27(15-17-28)18-20-8-3-1-4-9-20)22-12-7-13-23-25(22)24(19-34(23,30)31)35(32,33)21-10-5-2-6-11-21/h1-13,24,30-31H,14-19H2. The molecule has 0 saturated carbocycles. The topological polar surface area (TPSA) is 98.1 Å². The van der Waals surface area contributed by atoms with Crippen LogP contribution in [-0.4, -0.2) is 65.2 Å². The van der Waals surface area contributed by atoms with Gasteiger partial charge >= 0.3 is 0 Å². The van der Waals surface area contributed by atoms with Crippen LogP contribution in [0, 0.1) is 0 Å². The molecule has 0 spiro atoms. The molecule has 0 aliphatic carbocycles. The number of amides is 1. The van der Waals surface area contributed by atoms with Crippen molar-refractivity contribution in [3.63, 3.8) is 0 Å². The molecule has 2 aliphatic rings. The highest BCUT2D eigenvalue weighted by molar-refractivity contribution is 8.25. The van der Waals surface area contributed by atoms with Gasteiger partial charge in [0.05, 0.1) is 15.5 Å². The molecule has 3 aromatic rings. The average Bonchev–Trinajstić information content (AvgIpc) is 3.17. The molecule has 0 bridgehead atoms. The molecule has 1 saturated heterocycles. The maximum Gasteiger partial charge on any atom is 0.254 e. The van der Waals surface area contributed by atoms with E-state index in [2.05, 4.69) is 17.0 Å². The highest BCUT2D eigenvalue weighted by Crippen LogP contribution is 2.62. The van der Waals surface area contributed by atoms with E-state index in [1.54, 1.807) is 35.2 Å². The van der Waals surface area contributed by atoms with E-state index < -0.39 is 25.7 Å². The Morgan fingerprint density at radius 2 is 1.49 bits per heavy atom. The number of piperazine rings is 1. The van der Waals surface area contributed by atoms with Crippen molar-refractivity contribution in [2.45, 2.75) is 21.6 Å². The van der Waals surface area contributed by atoms with E-state index in [9.17, 15) is 22.3 Å². The maximum atomic E-state index is 13.6. The fourth-order valence-corrected chi connectivity index (χ4v) is 9.33. The lowest BCUT2D eigenvalue weighted by Crippen LogP contribution is -2.48. The maximum absolute atomic E-state index is 13.6. The number of nitrogens with zero attached hydrogens (tertiary/aromatic N) is 2. The lowest BCUT2D eigenvalue weighted by molar-refractivity contribution is 0.0627. The van der Waals surface area contributed by atoms with Crippen molar-refractivity contribution in [2.75, 3.05) is 31.9 Å². The third-order valence-corrected chi connectivity index (χ3v) is 10.9. The van der Waals surface area contributed by atoms with Crippen LogP contribution in [-0.2, 0) is 16.4 Å².